The SMILES string of the molecule is CCOc1ccc(/C=C/C(=O)Nc2ccc(C)c(Nc3nccc(-c4cccnc4)n3)c2)cc1OC. The summed E-state index contributed by atoms with van der Waals surface area (Å²) in [5.74, 6) is 1.47. The fraction of sp³-hybridized carbons (Fsp3) is 0.143. The van der Waals surface area contributed by atoms with Crippen LogP contribution in [0.3, 0.4) is 0 Å². The van der Waals surface area contributed by atoms with Crippen molar-refractivity contribution in [2.75, 3.05) is 24.4 Å². The van der Waals surface area contributed by atoms with E-state index in [9.17, 15) is 4.79 Å². The minimum Gasteiger partial charge on any atom is -0.493 e. The number of rotatable bonds is 9. The van der Waals surface area contributed by atoms with Gasteiger partial charge in [0.15, 0.2) is 11.5 Å². The number of aromatic nitrogens is 3. The second-order valence-corrected chi connectivity index (χ2v) is 7.83. The third-order valence-electron chi connectivity index (χ3n) is 5.28. The van der Waals surface area contributed by atoms with Crippen LogP contribution in [0.15, 0.2) is 79.3 Å². The molecule has 0 aliphatic carbocycles. The number of nitrogens with zero attached hydrogens (tertiary/aromatic N) is 3. The summed E-state index contributed by atoms with van der Waals surface area (Å²) in [5.41, 5.74) is 4.90. The summed E-state index contributed by atoms with van der Waals surface area (Å²) in [5, 5.41) is 6.14. The molecule has 0 unspecified atom stereocenters. The number of pyridine rings is 1. The molecule has 0 fully saturated rings. The number of aryl methyl sites for hydroxylation is 1. The van der Waals surface area contributed by atoms with Gasteiger partial charge in [0, 0.05) is 41.6 Å². The van der Waals surface area contributed by atoms with Crippen LogP contribution in [0.25, 0.3) is 17.3 Å². The zero-order valence-electron chi connectivity index (χ0n) is 20.4. The molecule has 1 amide bonds. The van der Waals surface area contributed by atoms with E-state index in [-0.39, 0.29) is 5.91 Å². The number of anilines is 3. The fourth-order valence-electron chi connectivity index (χ4n) is 3.47. The van der Waals surface area contributed by atoms with Crippen molar-refractivity contribution in [2.45, 2.75) is 13.8 Å². The summed E-state index contributed by atoms with van der Waals surface area (Å²) >= 11 is 0. The second-order valence-electron chi connectivity index (χ2n) is 7.83. The van der Waals surface area contributed by atoms with E-state index in [1.165, 1.54) is 6.08 Å². The van der Waals surface area contributed by atoms with Crippen molar-refractivity contribution >= 4 is 29.3 Å². The minimum absolute atomic E-state index is 0.257. The van der Waals surface area contributed by atoms with E-state index in [2.05, 4.69) is 25.6 Å². The van der Waals surface area contributed by atoms with E-state index >= 15 is 0 Å². The first-order chi connectivity index (χ1) is 17.6. The van der Waals surface area contributed by atoms with Crippen LogP contribution in [-0.4, -0.2) is 34.6 Å². The summed E-state index contributed by atoms with van der Waals surface area (Å²) in [6.45, 7) is 4.43. The van der Waals surface area contributed by atoms with Crippen LogP contribution in [0.5, 0.6) is 11.5 Å². The second kappa shape index (κ2) is 11.6. The average molecular weight is 482 g/mol. The maximum Gasteiger partial charge on any atom is 0.248 e. The van der Waals surface area contributed by atoms with Crippen LogP contribution >= 0.6 is 0 Å². The summed E-state index contributed by atoms with van der Waals surface area (Å²) < 4.78 is 10.9. The first-order valence-corrected chi connectivity index (χ1v) is 11.5. The zero-order chi connectivity index (χ0) is 25.3. The third-order valence-corrected chi connectivity index (χ3v) is 5.28. The van der Waals surface area contributed by atoms with Gasteiger partial charge < -0.3 is 20.1 Å². The molecule has 36 heavy (non-hydrogen) atoms. The van der Waals surface area contributed by atoms with E-state index in [1.54, 1.807) is 31.8 Å². The van der Waals surface area contributed by atoms with E-state index < -0.39 is 0 Å². The number of methoxy groups -OCH3 is 1. The van der Waals surface area contributed by atoms with Gasteiger partial charge in [-0.15, -0.1) is 0 Å². The summed E-state index contributed by atoms with van der Waals surface area (Å²) in [6, 6.07) is 16.8. The predicted octanol–water partition coefficient (Wildman–Crippen LogP) is 5.65. The molecule has 2 N–H and O–H groups in total. The largest absolute Gasteiger partial charge is 0.493 e. The standard InChI is InChI=1S/C28H27N5O3/c1-4-36-25-11-8-20(16-26(25)35-3)9-12-27(34)31-22-10-7-19(2)24(17-22)33-28-30-15-13-23(32-28)21-6-5-14-29-18-21/h5-18H,4H2,1-3H3,(H,31,34)(H,30,32,33)/b12-9+. The highest BCUT2D eigenvalue weighted by Crippen LogP contribution is 2.29. The van der Waals surface area contributed by atoms with Crippen molar-refractivity contribution in [3.8, 4) is 22.8 Å². The molecule has 0 bridgehead atoms. The summed E-state index contributed by atoms with van der Waals surface area (Å²) in [4.78, 5) is 25.6. The molecule has 8 heteroatoms. The molecule has 4 aromatic rings. The van der Waals surface area contributed by atoms with Crippen molar-refractivity contribution < 1.29 is 14.3 Å². The third kappa shape index (κ3) is 6.24. The predicted molar refractivity (Wildman–Crippen MR) is 142 cm³/mol. The van der Waals surface area contributed by atoms with Crippen molar-refractivity contribution in [2.24, 2.45) is 0 Å². The molecule has 2 heterocycles. The highest BCUT2D eigenvalue weighted by atomic mass is 16.5. The number of amides is 1. The fourth-order valence-corrected chi connectivity index (χ4v) is 3.47. The first kappa shape index (κ1) is 24.4. The molecular weight excluding hydrogens is 454 g/mol. The Labute approximate surface area is 210 Å². The molecule has 182 valence electrons. The van der Waals surface area contributed by atoms with E-state index in [0.29, 0.717) is 29.7 Å². The first-order valence-electron chi connectivity index (χ1n) is 11.5. The number of carbonyl (C=O) groups excluding carboxylic acids is 1. The zero-order valence-corrected chi connectivity index (χ0v) is 20.4. The summed E-state index contributed by atoms with van der Waals surface area (Å²) in [6.07, 6.45) is 8.36. The number of benzene rings is 2. The summed E-state index contributed by atoms with van der Waals surface area (Å²) in [7, 11) is 1.58. The van der Waals surface area contributed by atoms with Gasteiger partial charge in [-0.05, 0) is 73.5 Å². The maximum absolute atomic E-state index is 12.6. The molecule has 0 spiro atoms. The number of carbonyl (C=O) groups is 1. The van der Waals surface area contributed by atoms with E-state index in [4.69, 9.17) is 9.47 Å². The highest BCUT2D eigenvalue weighted by Gasteiger charge is 2.08. The minimum atomic E-state index is -0.257. The lowest BCUT2D eigenvalue weighted by atomic mass is 10.1. The van der Waals surface area contributed by atoms with Gasteiger partial charge in [0.1, 0.15) is 0 Å². The maximum atomic E-state index is 12.6. The Kier molecular flexibility index (Phi) is 7.87. The van der Waals surface area contributed by atoms with Gasteiger partial charge in [-0.3, -0.25) is 9.78 Å². The Morgan fingerprint density at radius 1 is 1.06 bits per heavy atom. The van der Waals surface area contributed by atoms with Gasteiger partial charge in [-0.1, -0.05) is 12.1 Å². The molecule has 0 aliphatic rings. The lowest BCUT2D eigenvalue weighted by Gasteiger charge is -2.11. The van der Waals surface area contributed by atoms with Crippen LogP contribution in [0.2, 0.25) is 0 Å². The van der Waals surface area contributed by atoms with Crippen molar-refractivity contribution in [3.63, 3.8) is 0 Å². The van der Waals surface area contributed by atoms with Crippen molar-refractivity contribution in [1.29, 1.82) is 0 Å². The number of hydrogen-bond acceptors (Lipinski definition) is 7. The molecule has 0 atom stereocenters. The van der Waals surface area contributed by atoms with Gasteiger partial charge in [0.05, 0.1) is 19.4 Å². The average Bonchev–Trinajstić information content (AvgIpc) is 2.91. The molecule has 0 saturated carbocycles. The normalized spacial score (nSPS) is 10.8. The monoisotopic (exact) mass is 481 g/mol. The van der Waals surface area contributed by atoms with Crippen molar-refractivity contribution in [1.82, 2.24) is 15.0 Å². The Hall–Kier alpha value is -4.72. The Morgan fingerprint density at radius 2 is 1.94 bits per heavy atom. The molecule has 4 rings (SSSR count). The van der Waals surface area contributed by atoms with Crippen LogP contribution in [0.1, 0.15) is 18.1 Å². The quantitative estimate of drug-likeness (QED) is 0.298. The highest BCUT2D eigenvalue weighted by molar-refractivity contribution is 6.02. The van der Waals surface area contributed by atoms with Gasteiger partial charge in [-0.2, -0.15) is 0 Å². The number of ether oxygens (including phenoxy) is 2. The van der Waals surface area contributed by atoms with Gasteiger partial charge in [0.2, 0.25) is 11.9 Å². The Morgan fingerprint density at radius 3 is 2.72 bits per heavy atom. The van der Waals surface area contributed by atoms with E-state index in [1.807, 2.05) is 68.4 Å². The molecule has 8 nitrogen and oxygen atoms in total. The molecule has 2 aromatic heterocycles. The van der Waals surface area contributed by atoms with Crippen LogP contribution < -0.4 is 20.1 Å². The molecule has 0 radical (unpaired) electrons. The smallest absolute Gasteiger partial charge is 0.248 e. The molecule has 0 aliphatic heterocycles. The lowest BCUT2D eigenvalue weighted by Crippen LogP contribution is -2.08. The molecule has 0 saturated heterocycles. The van der Waals surface area contributed by atoms with Gasteiger partial charge >= 0.3 is 0 Å². The number of nitrogens with one attached hydrogen (secondary N) is 2. The molecule has 2 aromatic carbocycles. The van der Waals surface area contributed by atoms with Crippen LogP contribution in [0.4, 0.5) is 17.3 Å². The Balaban J connectivity index is 1.45. The Bertz CT molecular complexity index is 1370. The molecular formula is C28H27N5O3. The van der Waals surface area contributed by atoms with Gasteiger partial charge in [-0.25, -0.2) is 9.97 Å². The van der Waals surface area contributed by atoms with Crippen molar-refractivity contribution in [3.05, 3.63) is 90.4 Å². The van der Waals surface area contributed by atoms with Gasteiger partial charge in [0.25, 0.3) is 0 Å². The lowest BCUT2D eigenvalue weighted by molar-refractivity contribution is -0.111. The van der Waals surface area contributed by atoms with E-state index in [0.717, 1.165) is 28.1 Å². The van der Waals surface area contributed by atoms with Crippen LogP contribution in [-0.2, 0) is 4.79 Å². The topological polar surface area (TPSA) is 98.3 Å². The number of hydrogen-bond donors (Lipinski definition) is 2. The van der Waals surface area contributed by atoms with Crippen LogP contribution in [0, 0.1) is 6.92 Å².